The number of urea groups is 1. The average Bonchev–Trinajstić information content (AvgIpc) is 2.32. The summed E-state index contributed by atoms with van der Waals surface area (Å²) in [4.78, 5) is 34.7. The number of hydrogen-bond acceptors (Lipinski definition) is 4. The van der Waals surface area contributed by atoms with Gasteiger partial charge in [-0.3, -0.25) is 4.79 Å². The molecule has 0 aliphatic rings. The largest absolute Gasteiger partial charge is 0.480 e. The molecule has 0 fully saturated rings. The van der Waals surface area contributed by atoms with E-state index in [1.54, 1.807) is 0 Å². The van der Waals surface area contributed by atoms with Gasteiger partial charge in [0.15, 0.2) is 6.04 Å². The van der Waals surface area contributed by atoms with Crippen LogP contribution in [-0.2, 0) is 9.59 Å². The Labute approximate surface area is 111 Å². The van der Waals surface area contributed by atoms with Crippen LogP contribution < -0.4 is 10.6 Å². The zero-order valence-electron chi connectivity index (χ0n) is 11.3. The fourth-order valence-corrected chi connectivity index (χ4v) is 1.11. The van der Waals surface area contributed by atoms with E-state index in [2.05, 4.69) is 10.6 Å². The first-order valence-corrected chi connectivity index (χ1v) is 5.89. The monoisotopic (exact) mass is 275 g/mol. The maximum Gasteiger partial charge on any atom is 0.328 e. The van der Waals surface area contributed by atoms with Crippen LogP contribution in [-0.4, -0.2) is 65.8 Å². The molecule has 1 unspecified atom stereocenters. The molecule has 1 atom stereocenters. The molecule has 0 heterocycles. The molecule has 0 aliphatic carbocycles. The molecule has 0 bridgehead atoms. The van der Waals surface area contributed by atoms with Crippen molar-refractivity contribution in [2.24, 2.45) is 5.92 Å². The highest BCUT2D eigenvalue weighted by molar-refractivity contribution is 5.86. The first-order chi connectivity index (χ1) is 8.77. The van der Waals surface area contributed by atoms with Gasteiger partial charge < -0.3 is 25.7 Å². The van der Waals surface area contributed by atoms with Crippen molar-refractivity contribution in [3.8, 4) is 0 Å². The van der Waals surface area contributed by atoms with Gasteiger partial charge in [-0.1, -0.05) is 13.8 Å². The molecule has 0 saturated heterocycles. The summed E-state index contributed by atoms with van der Waals surface area (Å²) in [7, 11) is 1.36. The summed E-state index contributed by atoms with van der Waals surface area (Å²) in [6.45, 7) is 3.48. The number of amides is 3. The second-order valence-electron chi connectivity index (χ2n) is 4.58. The first-order valence-electron chi connectivity index (χ1n) is 5.89. The van der Waals surface area contributed by atoms with E-state index in [0.717, 1.165) is 4.90 Å². The molecule has 19 heavy (non-hydrogen) atoms. The van der Waals surface area contributed by atoms with Crippen LogP contribution in [0.4, 0.5) is 4.79 Å². The molecule has 0 spiro atoms. The molecule has 4 N–H and O–H groups in total. The number of aliphatic carboxylic acids is 1. The Hall–Kier alpha value is -1.83. The van der Waals surface area contributed by atoms with Crippen LogP contribution in [0.5, 0.6) is 0 Å². The van der Waals surface area contributed by atoms with E-state index in [9.17, 15) is 14.4 Å². The lowest BCUT2D eigenvalue weighted by atomic mass is 10.2. The maximum absolute atomic E-state index is 11.6. The van der Waals surface area contributed by atoms with Crippen molar-refractivity contribution in [1.82, 2.24) is 15.5 Å². The average molecular weight is 275 g/mol. The minimum atomic E-state index is -1.38. The molecule has 0 rings (SSSR count). The van der Waals surface area contributed by atoms with Gasteiger partial charge in [-0.2, -0.15) is 0 Å². The highest BCUT2D eigenvalue weighted by Gasteiger charge is 2.21. The van der Waals surface area contributed by atoms with Gasteiger partial charge in [-0.05, 0) is 5.92 Å². The highest BCUT2D eigenvalue weighted by atomic mass is 16.4. The Kier molecular flexibility index (Phi) is 7.50. The molecular weight excluding hydrogens is 254 g/mol. The van der Waals surface area contributed by atoms with Crippen LogP contribution in [0.25, 0.3) is 0 Å². The fraction of sp³-hybridized carbons (Fsp3) is 0.727. The quantitative estimate of drug-likeness (QED) is 0.467. The molecule has 0 aromatic carbocycles. The van der Waals surface area contributed by atoms with Gasteiger partial charge in [0.1, 0.15) is 6.54 Å². The number of nitrogens with one attached hydrogen (secondary N) is 2. The van der Waals surface area contributed by atoms with Gasteiger partial charge in [-0.15, -0.1) is 0 Å². The van der Waals surface area contributed by atoms with E-state index >= 15 is 0 Å². The van der Waals surface area contributed by atoms with Crippen molar-refractivity contribution < 1.29 is 24.6 Å². The van der Waals surface area contributed by atoms with Crippen LogP contribution in [0.1, 0.15) is 13.8 Å². The highest BCUT2D eigenvalue weighted by Crippen LogP contribution is 1.91. The van der Waals surface area contributed by atoms with Crippen molar-refractivity contribution in [2.75, 3.05) is 26.7 Å². The number of carboxylic acids is 1. The number of likely N-dealkylation sites (N-methyl/N-ethyl adjacent to an activating group) is 1. The molecule has 110 valence electrons. The number of aliphatic hydroxyl groups excluding tert-OH is 1. The summed E-state index contributed by atoms with van der Waals surface area (Å²) < 4.78 is 0. The summed E-state index contributed by atoms with van der Waals surface area (Å²) in [6.07, 6.45) is 0. The van der Waals surface area contributed by atoms with Gasteiger partial charge in [0.2, 0.25) is 5.91 Å². The summed E-state index contributed by atoms with van der Waals surface area (Å²) >= 11 is 0. The number of hydrogen-bond donors (Lipinski definition) is 4. The van der Waals surface area contributed by atoms with Crippen molar-refractivity contribution in [1.29, 1.82) is 0 Å². The van der Waals surface area contributed by atoms with Gasteiger partial charge in [-0.25, -0.2) is 9.59 Å². The number of carboxylic acid groups (broad SMARTS) is 1. The Morgan fingerprint density at radius 1 is 1.26 bits per heavy atom. The maximum atomic E-state index is 11.6. The third kappa shape index (κ3) is 7.24. The number of carbonyl (C=O) groups is 3. The minimum Gasteiger partial charge on any atom is -0.480 e. The molecule has 8 nitrogen and oxygen atoms in total. The zero-order valence-corrected chi connectivity index (χ0v) is 11.3. The van der Waals surface area contributed by atoms with E-state index in [1.807, 2.05) is 13.8 Å². The third-order valence-electron chi connectivity index (χ3n) is 2.21. The lowest BCUT2D eigenvalue weighted by Gasteiger charge is -2.20. The van der Waals surface area contributed by atoms with E-state index in [0.29, 0.717) is 12.5 Å². The zero-order chi connectivity index (χ0) is 15.0. The van der Waals surface area contributed by atoms with Crippen LogP contribution in [0.3, 0.4) is 0 Å². The molecule has 0 radical (unpaired) electrons. The topological polar surface area (TPSA) is 119 Å². The number of carbonyl (C=O) groups excluding carboxylic acids is 2. The molecule has 8 heteroatoms. The van der Waals surface area contributed by atoms with Gasteiger partial charge >= 0.3 is 12.0 Å². The lowest BCUT2D eigenvalue weighted by Crippen LogP contribution is -2.50. The van der Waals surface area contributed by atoms with Gasteiger partial charge in [0.05, 0.1) is 6.61 Å². The molecule has 0 aromatic rings. The summed E-state index contributed by atoms with van der Waals surface area (Å²) in [5.41, 5.74) is 0. The van der Waals surface area contributed by atoms with Crippen LogP contribution in [0.15, 0.2) is 0 Å². The second-order valence-corrected chi connectivity index (χ2v) is 4.58. The summed E-state index contributed by atoms with van der Waals surface area (Å²) in [5, 5.41) is 22.1. The fourth-order valence-electron chi connectivity index (χ4n) is 1.11. The number of aliphatic hydroxyl groups is 1. The normalized spacial score (nSPS) is 11.8. The standard InChI is InChI=1S/C11H21N3O5/c1-7(2)4-12-9(16)5-14(3)11(19)13-8(6-15)10(17)18/h7-8,15H,4-6H2,1-3H3,(H,12,16)(H,13,19)(H,17,18). The van der Waals surface area contributed by atoms with E-state index < -0.39 is 24.6 Å². The Balaban J connectivity index is 4.19. The van der Waals surface area contributed by atoms with Gasteiger partial charge in [0.25, 0.3) is 0 Å². The Morgan fingerprint density at radius 3 is 2.26 bits per heavy atom. The smallest absolute Gasteiger partial charge is 0.328 e. The molecule has 3 amide bonds. The first kappa shape index (κ1) is 17.2. The van der Waals surface area contributed by atoms with Gasteiger partial charge in [0, 0.05) is 13.6 Å². The van der Waals surface area contributed by atoms with Crippen molar-refractivity contribution in [2.45, 2.75) is 19.9 Å². The molecule has 0 saturated carbocycles. The van der Waals surface area contributed by atoms with E-state index in [-0.39, 0.29) is 12.5 Å². The lowest BCUT2D eigenvalue weighted by molar-refractivity contribution is -0.140. The van der Waals surface area contributed by atoms with Crippen molar-refractivity contribution in [3.05, 3.63) is 0 Å². The van der Waals surface area contributed by atoms with E-state index in [4.69, 9.17) is 10.2 Å². The van der Waals surface area contributed by atoms with Crippen molar-refractivity contribution >= 4 is 17.9 Å². The Bertz CT molecular complexity index is 332. The molecular formula is C11H21N3O5. The summed E-state index contributed by atoms with van der Waals surface area (Å²) in [6, 6.07) is -2.12. The van der Waals surface area contributed by atoms with Crippen LogP contribution in [0, 0.1) is 5.92 Å². The van der Waals surface area contributed by atoms with Crippen LogP contribution in [0.2, 0.25) is 0 Å². The van der Waals surface area contributed by atoms with E-state index in [1.165, 1.54) is 7.05 Å². The molecule has 0 aliphatic heterocycles. The van der Waals surface area contributed by atoms with Crippen LogP contribution >= 0.6 is 0 Å². The Morgan fingerprint density at radius 2 is 1.84 bits per heavy atom. The summed E-state index contributed by atoms with van der Waals surface area (Å²) in [5.74, 6) is -1.37. The third-order valence-corrected chi connectivity index (χ3v) is 2.21. The number of rotatable bonds is 7. The second kappa shape index (κ2) is 8.30. The molecule has 0 aromatic heterocycles. The predicted octanol–water partition coefficient (Wildman–Crippen LogP) is -1.15. The SMILES string of the molecule is CC(C)CNC(=O)CN(C)C(=O)NC(CO)C(=O)O. The minimum absolute atomic E-state index is 0.184. The van der Waals surface area contributed by atoms with Crippen molar-refractivity contribution in [3.63, 3.8) is 0 Å². The predicted molar refractivity (Wildman–Crippen MR) is 67.5 cm³/mol. The number of nitrogens with zero attached hydrogens (tertiary/aromatic N) is 1.